The van der Waals surface area contributed by atoms with Crippen molar-refractivity contribution >= 4 is 5.97 Å². The monoisotopic (exact) mass is 225 g/mol. The Balaban J connectivity index is 2.24. The van der Waals surface area contributed by atoms with Crippen LogP contribution in [0.5, 0.6) is 0 Å². The molecular weight excluding hydrogens is 206 g/mol. The van der Waals surface area contributed by atoms with Crippen molar-refractivity contribution in [2.45, 2.75) is 32.9 Å². The average Bonchev–Trinajstić information content (AvgIpc) is 2.72. The molecule has 1 N–H and O–H groups in total. The molecule has 0 fully saturated rings. The summed E-state index contributed by atoms with van der Waals surface area (Å²) in [6, 6.07) is 0.379. The predicted octanol–water partition coefficient (Wildman–Crippen LogP) is 1.12. The van der Waals surface area contributed by atoms with Gasteiger partial charge in [0.15, 0.2) is 0 Å². The summed E-state index contributed by atoms with van der Waals surface area (Å²) in [6.07, 6.45) is 4.25. The fourth-order valence-corrected chi connectivity index (χ4v) is 1.28. The number of carbonyl (C=O) groups excluding carboxylic acids is 1. The summed E-state index contributed by atoms with van der Waals surface area (Å²) in [7, 11) is 1.40. The number of carbonyl (C=O) groups is 1. The summed E-state index contributed by atoms with van der Waals surface area (Å²) in [5.74, 6) is -0.189. The van der Waals surface area contributed by atoms with Crippen molar-refractivity contribution in [2.75, 3.05) is 13.7 Å². The van der Waals surface area contributed by atoms with Crippen LogP contribution in [0.15, 0.2) is 12.4 Å². The number of nitrogens with zero attached hydrogens (tertiary/aromatic N) is 2. The van der Waals surface area contributed by atoms with Crippen LogP contribution in [-0.2, 0) is 16.1 Å². The SMILES string of the molecule is COC(=O)CCNCc1cnn(C(C)C)c1. The highest BCUT2D eigenvalue weighted by molar-refractivity contribution is 5.69. The van der Waals surface area contributed by atoms with E-state index in [0.717, 1.165) is 12.1 Å². The van der Waals surface area contributed by atoms with E-state index < -0.39 is 0 Å². The van der Waals surface area contributed by atoms with Crippen LogP contribution in [0.2, 0.25) is 0 Å². The smallest absolute Gasteiger partial charge is 0.306 e. The molecule has 0 atom stereocenters. The van der Waals surface area contributed by atoms with Gasteiger partial charge in [0, 0.05) is 30.9 Å². The second-order valence-electron chi connectivity index (χ2n) is 3.93. The molecule has 0 aromatic carbocycles. The molecule has 5 heteroatoms. The van der Waals surface area contributed by atoms with E-state index in [1.54, 1.807) is 0 Å². The zero-order valence-corrected chi connectivity index (χ0v) is 10.1. The molecule has 1 aromatic rings. The number of aromatic nitrogens is 2. The minimum absolute atomic E-state index is 0.189. The van der Waals surface area contributed by atoms with E-state index >= 15 is 0 Å². The van der Waals surface area contributed by atoms with Gasteiger partial charge in [-0.1, -0.05) is 0 Å². The molecule has 1 rings (SSSR count). The van der Waals surface area contributed by atoms with E-state index in [2.05, 4.69) is 29.0 Å². The van der Waals surface area contributed by atoms with Crippen molar-refractivity contribution in [1.82, 2.24) is 15.1 Å². The van der Waals surface area contributed by atoms with Crippen LogP contribution in [0.25, 0.3) is 0 Å². The first-order valence-electron chi connectivity index (χ1n) is 5.44. The highest BCUT2D eigenvalue weighted by Gasteiger charge is 2.02. The molecule has 0 unspecified atom stereocenters. The van der Waals surface area contributed by atoms with E-state index in [0.29, 0.717) is 19.0 Å². The van der Waals surface area contributed by atoms with Gasteiger partial charge in [0.25, 0.3) is 0 Å². The third kappa shape index (κ3) is 4.02. The van der Waals surface area contributed by atoms with Crippen LogP contribution in [0.1, 0.15) is 31.9 Å². The van der Waals surface area contributed by atoms with E-state index in [1.165, 1.54) is 7.11 Å². The number of hydrogen-bond acceptors (Lipinski definition) is 4. The molecule has 1 aromatic heterocycles. The molecule has 0 aliphatic carbocycles. The Morgan fingerprint density at radius 3 is 2.94 bits per heavy atom. The molecule has 0 aliphatic heterocycles. The Bertz CT molecular complexity index is 334. The molecular formula is C11H19N3O2. The maximum absolute atomic E-state index is 10.8. The molecule has 0 bridgehead atoms. The summed E-state index contributed by atoms with van der Waals surface area (Å²) >= 11 is 0. The lowest BCUT2D eigenvalue weighted by Gasteiger charge is -2.03. The van der Waals surface area contributed by atoms with Crippen molar-refractivity contribution < 1.29 is 9.53 Å². The fraction of sp³-hybridized carbons (Fsp3) is 0.636. The van der Waals surface area contributed by atoms with Gasteiger partial charge in [0.1, 0.15) is 0 Å². The first-order valence-corrected chi connectivity index (χ1v) is 5.44. The third-order valence-corrected chi connectivity index (χ3v) is 2.25. The van der Waals surface area contributed by atoms with Crippen LogP contribution in [0.3, 0.4) is 0 Å². The largest absolute Gasteiger partial charge is 0.469 e. The molecule has 5 nitrogen and oxygen atoms in total. The lowest BCUT2D eigenvalue weighted by molar-refractivity contribution is -0.140. The standard InChI is InChI=1S/C11H19N3O2/c1-9(2)14-8-10(7-13-14)6-12-5-4-11(15)16-3/h7-9,12H,4-6H2,1-3H3. The predicted molar refractivity (Wildman–Crippen MR) is 61.0 cm³/mol. The van der Waals surface area contributed by atoms with Gasteiger partial charge < -0.3 is 10.1 Å². The second kappa shape index (κ2) is 6.27. The number of methoxy groups -OCH3 is 1. The van der Waals surface area contributed by atoms with E-state index in [9.17, 15) is 4.79 Å². The molecule has 0 spiro atoms. The maximum atomic E-state index is 10.8. The van der Waals surface area contributed by atoms with Gasteiger partial charge in [-0.05, 0) is 13.8 Å². The fourth-order valence-electron chi connectivity index (χ4n) is 1.28. The normalized spacial score (nSPS) is 10.8. The van der Waals surface area contributed by atoms with Crippen LogP contribution in [0, 0.1) is 0 Å². The van der Waals surface area contributed by atoms with Gasteiger partial charge in [-0.25, -0.2) is 0 Å². The van der Waals surface area contributed by atoms with Crippen molar-refractivity contribution in [1.29, 1.82) is 0 Å². The average molecular weight is 225 g/mol. The molecule has 0 saturated heterocycles. The summed E-state index contributed by atoms with van der Waals surface area (Å²) in [5.41, 5.74) is 1.12. The van der Waals surface area contributed by atoms with Crippen molar-refractivity contribution in [3.8, 4) is 0 Å². The van der Waals surface area contributed by atoms with Crippen molar-refractivity contribution in [2.24, 2.45) is 0 Å². The molecule has 0 amide bonds. The molecule has 16 heavy (non-hydrogen) atoms. The number of rotatable bonds is 6. The maximum Gasteiger partial charge on any atom is 0.306 e. The van der Waals surface area contributed by atoms with Crippen LogP contribution >= 0.6 is 0 Å². The topological polar surface area (TPSA) is 56.1 Å². The Kier molecular flexibility index (Phi) is 4.98. The van der Waals surface area contributed by atoms with E-state index in [4.69, 9.17) is 0 Å². The summed E-state index contributed by atoms with van der Waals surface area (Å²) in [4.78, 5) is 10.8. The Hall–Kier alpha value is -1.36. The van der Waals surface area contributed by atoms with Gasteiger partial charge in [-0.15, -0.1) is 0 Å². The highest BCUT2D eigenvalue weighted by Crippen LogP contribution is 2.04. The molecule has 0 aliphatic rings. The first-order chi connectivity index (χ1) is 7.63. The Morgan fingerprint density at radius 2 is 2.38 bits per heavy atom. The summed E-state index contributed by atoms with van der Waals surface area (Å²) < 4.78 is 6.46. The molecule has 0 saturated carbocycles. The first kappa shape index (κ1) is 12.7. The van der Waals surface area contributed by atoms with Crippen LogP contribution in [0.4, 0.5) is 0 Å². The molecule has 1 heterocycles. The Labute approximate surface area is 95.8 Å². The quantitative estimate of drug-likeness (QED) is 0.582. The summed E-state index contributed by atoms with van der Waals surface area (Å²) in [6.45, 7) is 5.52. The van der Waals surface area contributed by atoms with Crippen LogP contribution in [-0.4, -0.2) is 29.4 Å². The van der Waals surface area contributed by atoms with Crippen molar-refractivity contribution in [3.63, 3.8) is 0 Å². The lowest BCUT2D eigenvalue weighted by Crippen LogP contribution is -2.18. The second-order valence-corrected chi connectivity index (χ2v) is 3.93. The molecule has 0 radical (unpaired) electrons. The zero-order chi connectivity index (χ0) is 12.0. The Morgan fingerprint density at radius 1 is 1.62 bits per heavy atom. The molecule has 90 valence electrons. The highest BCUT2D eigenvalue weighted by atomic mass is 16.5. The third-order valence-electron chi connectivity index (χ3n) is 2.25. The van der Waals surface area contributed by atoms with Crippen molar-refractivity contribution in [3.05, 3.63) is 18.0 Å². The van der Waals surface area contributed by atoms with E-state index in [1.807, 2.05) is 17.1 Å². The number of esters is 1. The summed E-state index contributed by atoms with van der Waals surface area (Å²) in [5, 5.41) is 7.40. The minimum atomic E-state index is -0.189. The van der Waals surface area contributed by atoms with Gasteiger partial charge in [-0.2, -0.15) is 5.10 Å². The zero-order valence-electron chi connectivity index (χ0n) is 10.1. The lowest BCUT2D eigenvalue weighted by atomic mass is 10.3. The van der Waals surface area contributed by atoms with Gasteiger partial charge in [0.05, 0.1) is 19.7 Å². The van der Waals surface area contributed by atoms with Gasteiger partial charge in [0.2, 0.25) is 0 Å². The van der Waals surface area contributed by atoms with E-state index in [-0.39, 0.29) is 5.97 Å². The number of hydrogen-bond donors (Lipinski definition) is 1. The van der Waals surface area contributed by atoms with Gasteiger partial charge >= 0.3 is 5.97 Å². The number of nitrogens with one attached hydrogen (secondary N) is 1. The van der Waals surface area contributed by atoms with Crippen LogP contribution < -0.4 is 5.32 Å². The number of ether oxygens (including phenoxy) is 1. The minimum Gasteiger partial charge on any atom is -0.469 e. The van der Waals surface area contributed by atoms with Gasteiger partial charge in [-0.3, -0.25) is 9.48 Å².